The molecule has 0 unspecified atom stereocenters. The smallest absolute Gasteiger partial charge is 0.311 e. The van der Waals surface area contributed by atoms with E-state index >= 15 is 0 Å². The van der Waals surface area contributed by atoms with Crippen molar-refractivity contribution in [1.29, 1.82) is 0 Å². The summed E-state index contributed by atoms with van der Waals surface area (Å²) in [5, 5.41) is 2.20. The molecule has 0 fully saturated rings. The van der Waals surface area contributed by atoms with Gasteiger partial charge in [0.1, 0.15) is 11.6 Å². The number of anilines is 1. The lowest BCUT2D eigenvalue weighted by atomic mass is 10.1. The third-order valence-corrected chi connectivity index (χ3v) is 3.33. The van der Waals surface area contributed by atoms with Gasteiger partial charge in [0.2, 0.25) is 0 Å². The molecule has 126 valence electrons. The molecule has 0 aliphatic carbocycles. The highest BCUT2D eigenvalue weighted by Gasteiger charge is 2.19. The summed E-state index contributed by atoms with van der Waals surface area (Å²) in [7, 11) is 0. The Morgan fingerprint density at radius 1 is 1.12 bits per heavy atom. The summed E-state index contributed by atoms with van der Waals surface area (Å²) in [5.74, 6) is -2.78. The molecule has 0 aromatic heterocycles. The minimum Gasteiger partial charge on any atom is -0.452 e. The Hall–Kier alpha value is -2.76. The normalized spacial score (nSPS) is 11.7. The van der Waals surface area contributed by atoms with Crippen molar-refractivity contribution in [3.05, 3.63) is 65.2 Å². The van der Waals surface area contributed by atoms with Gasteiger partial charge in [-0.15, -0.1) is 0 Å². The Kier molecular flexibility index (Phi) is 5.63. The second kappa shape index (κ2) is 7.68. The van der Waals surface area contributed by atoms with Crippen molar-refractivity contribution in [1.82, 2.24) is 0 Å². The summed E-state index contributed by atoms with van der Waals surface area (Å²) in [4.78, 5) is 23.8. The zero-order chi connectivity index (χ0) is 17.7. The Bertz CT molecular complexity index is 744. The molecular weight excluding hydrogens is 316 g/mol. The Labute approximate surface area is 138 Å². The molecule has 0 saturated heterocycles. The van der Waals surface area contributed by atoms with E-state index in [0.717, 1.165) is 29.3 Å². The second-order valence-electron chi connectivity index (χ2n) is 5.41. The van der Waals surface area contributed by atoms with Crippen LogP contribution in [0.4, 0.5) is 14.5 Å². The molecule has 6 heteroatoms. The largest absolute Gasteiger partial charge is 0.452 e. The lowest BCUT2D eigenvalue weighted by molar-refractivity contribution is -0.152. The fourth-order valence-electron chi connectivity index (χ4n) is 1.99. The zero-order valence-corrected chi connectivity index (χ0v) is 13.3. The first kappa shape index (κ1) is 17.6. The minimum absolute atomic E-state index is 0.0201. The maximum atomic E-state index is 13.5. The molecule has 0 bridgehead atoms. The molecule has 24 heavy (non-hydrogen) atoms. The third kappa shape index (κ3) is 4.87. The van der Waals surface area contributed by atoms with Gasteiger partial charge in [0, 0.05) is 6.07 Å². The van der Waals surface area contributed by atoms with E-state index in [-0.39, 0.29) is 12.1 Å². The number of benzene rings is 2. The summed E-state index contributed by atoms with van der Waals surface area (Å²) in [6, 6.07) is 10.0. The number of aryl methyl sites for hydroxylation is 1. The van der Waals surface area contributed by atoms with E-state index in [1.165, 1.54) is 6.92 Å². The SMILES string of the molecule is Cc1ccc(CC(=O)O[C@@H](C)C(=O)Nc2cc(F)ccc2F)cc1. The van der Waals surface area contributed by atoms with Crippen LogP contribution in [0.5, 0.6) is 0 Å². The molecule has 0 aliphatic rings. The lowest BCUT2D eigenvalue weighted by Crippen LogP contribution is -2.30. The van der Waals surface area contributed by atoms with Crippen LogP contribution in [0.15, 0.2) is 42.5 Å². The van der Waals surface area contributed by atoms with Crippen molar-refractivity contribution in [2.45, 2.75) is 26.4 Å². The van der Waals surface area contributed by atoms with Gasteiger partial charge in [0.15, 0.2) is 6.10 Å². The summed E-state index contributed by atoms with van der Waals surface area (Å²) < 4.78 is 31.6. The van der Waals surface area contributed by atoms with E-state index in [1.54, 1.807) is 12.1 Å². The number of halogens is 2. The van der Waals surface area contributed by atoms with E-state index in [0.29, 0.717) is 0 Å². The van der Waals surface area contributed by atoms with Crippen LogP contribution < -0.4 is 5.32 Å². The van der Waals surface area contributed by atoms with Crippen LogP contribution in [0.2, 0.25) is 0 Å². The first-order valence-electron chi connectivity index (χ1n) is 7.36. The number of esters is 1. The van der Waals surface area contributed by atoms with Gasteiger partial charge in [-0.1, -0.05) is 29.8 Å². The fourth-order valence-corrected chi connectivity index (χ4v) is 1.99. The number of rotatable bonds is 5. The number of amides is 1. The maximum Gasteiger partial charge on any atom is 0.311 e. The summed E-state index contributed by atoms with van der Waals surface area (Å²) >= 11 is 0. The quantitative estimate of drug-likeness (QED) is 0.854. The first-order valence-corrected chi connectivity index (χ1v) is 7.36. The molecule has 1 atom stereocenters. The maximum absolute atomic E-state index is 13.5. The van der Waals surface area contributed by atoms with Gasteiger partial charge >= 0.3 is 5.97 Å². The van der Waals surface area contributed by atoms with Crippen molar-refractivity contribution in [3.63, 3.8) is 0 Å². The molecule has 4 nitrogen and oxygen atoms in total. The van der Waals surface area contributed by atoms with Gasteiger partial charge < -0.3 is 10.1 Å². The molecular formula is C18H17F2NO3. The van der Waals surface area contributed by atoms with Gasteiger partial charge in [-0.2, -0.15) is 0 Å². The first-order chi connectivity index (χ1) is 11.3. The number of carbonyl (C=O) groups is 2. The molecule has 2 aromatic carbocycles. The predicted molar refractivity (Wildman–Crippen MR) is 85.4 cm³/mol. The van der Waals surface area contributed by atoms with E-state index in [4.69, 9.17) is 4.74 Å². The molecule has 2 aromatic rings. The van der Waals surface area contributed by atoms with E-state index in [9.17, 15) is 18.4 Å². The Morgan fingerprint density at radius 2 is 1.79 bits per heavy atom. The highest BCUT2D eigenvalue weighted by Crippen LogP contribution is 2.16. The summed E-state index contributed by atoms with van der Waals surface area (Å²) in [6.07, 6.45) is -1.11. The van der Waals surface area contributed by atoms with Crippen molar-refractivity contribution in [2.75, 3.05) is 5.32 Å². The van der Waals surface area contributed by atoms with Crippen LogP contribution in [-0.2, 0) is 20.7 Å². The second-order valence-corrected chi connectivity index (χ2v) is 5.41. The number of nitrogens with one attached hydrogen (secondary N) is 1. The molecule has 0 heterocycles. The van der Waals surface area contributed by atoms with Crippen molar-refractivity contribution in [2.24, 2.45) is 0 Å². The monoisotopic (exact) mass is 333 g/mol. The Morgan fingerprint density at radius 3 is 2.46 bits per heavy atom. The molecule has 0 radical (unpaired) electrons. The van der Waals surface area contributed by atoms with Crippen LogP contribution in [0, 0.1) is 18.6 Å². The predicted octanol–water partition coefficient (Wildman–Crippen LogP) is 3.39. The van der Waals surface area contributed by atoms with E-state index in [2.05, 4.69) is 5.32 Å². The molecule has 0 aliphatic heterocycles. The van der Waals surface area contributed by atoms with Crippen LogP contribution in [0.3, 0.4) is 0 Å². The third-order valence-electron chi connectivity index (χ3n) is 3.33. The standard InChI is InChI=1S/C18H17F2NO3/c1-11-3-5-13(6-4-11)9-17(22)24-12(2)18(23)21-16-10-14(19)7-8-15(16)20/h3-8,10,12H,9H2,1-2H3,(H,21,23)/t12-/m0/s1. The average molecular weight is 333 g/mol. The van der Waals surface area contributed by atoms with Gasteiger partial charge in [-0.05, 0) is 31.5 Å². The highest BCUT2D eigenvalue weighted by molar-refractivity contribution is 5.95. The van der Waals surface area contributed by atoms with Crippen LogP contribution in [0.1, 0.15) is 18.1 Å². The highest BCUT2D eigenvalue weighted by atomic mass is 19.1. The fraction of sp³-hybridized carbons (Fsp3) is 0.222. The van der Waals surface area contributed by atoms with Crippen LogP contribution in [-0.4, -0.2) is 18.0 Å². The molecule has 0 spiro atoms. The van der Waals surface area contributed by atoms with Gasteiger partial charge in [0.05, 0.1) is 12.1 Å². The summed E-state index contributed by atoms with van der Waals surface area (Å²) in [6.45, 7) is 3.29. The van der Waals surface area contributed by atoms with Gasteiger partial charge in [-0.3, -0.25) is 9.59 Å². The minimum atomic E-state index is -1.13. The van der Waals surface area contributed by atoms with Gasteiger partial charge in [0.25, 0.3) is 5.91 Å². The number of carbonyl (C=O) groups excluding carboxylic acids is 2. The van der Waals surface area contributed by atoms with Crippen LogP contribution >= 0.6 is 0 Å². The number of ether oxygens (including phenoxy) is 1. The average Bonchev–Trinajstić information content (AvgIpc) is 2.53. The van der Waals surface area contributed by atoms with Gasteiger partial charge in [-0.25, -0.2) is 8.78 Å². The van der Waals surface area contributed by atoms with Crippen LogP contribution in [0.25, 0.3) is 0 Å². The molecule has 0 saturated carbocycles. The lowest BCUT2D eigenvalue weighted by Gasteiger charge is -2.14. The van der Waals surface area contributed by atoms with Crippen molar-refractivity contribution < 1.29 is 23.1 Å². The zero-order valence-electron chi connectivity index (χ0n) is 13.3. The topological polar surface area (TPSA) is 55.4 Å². The molecule has 1 amide bonds. The number of hydrogen-bond donors (Lipinski definition) is 1. The number of hydrogen-bond acceptors (Lipinski definition) is 3. The van der Waals surface area contributed by atoms with E-state index in [1.807, 2.05) is 19.1 Å². The Balaban J connectivity index is 1.92. The molecule has 2 rings (SSSR count). The van der Waals surface area contributed by atoms with Crippen molar-refractivity contribution in [3.8, 4) is 0 Å². The van der Waals surface area contributed by atoms with Crippen molar-refractivity contribution >= 4 is 17.6 Å². The summed E-state index contributed by atoms with van der Waals surface area (Å²) in [5.41, 5.74) is 1.52. The molecule has 1 N–H and O–H groups in total. The van der Waals surface area contributed by atoms with E-state index < -0.39 is 29.6 Å².